The van der Waals surface area contributed by atoms with E-state index in [1.54, 1.807) is 0 Å². The van der Waals surface area contributed by atoms with E-state index < -0.39 is 0 Å². The number of guanidine groups is 1. The Balaban J connectivity index is 0.00000264. The zero-order valence-electron chi connectivity index (χ0n) is 14.5. The lowest BCUT2D eigenvalue weighted by atomic mass is 9.86. The summed E-state index contributed by atoms with van der Waals surface area (Å²) < 4.78 is 5.53. The molecule has 1 fully saturated rings. The van der Waals surface area contributed by atoms with Gasteiger partial charge in [-0.15, -0.1) is 24.0 Å². The van der Waals surface area contributed by atoms with Gasteiger partial charge in [0.25, 0.3) is 0 Å². The Morgan fingerprint density at radius 3 is 2.57 bits per heavy atom. The zero-order valence-corrected chi connectivity index (χ0v) is 16.8. The average molecular weight is 431 g/mol. The molecular weight excluding hydrogens is 401 g/mol. The number of rotatable bonds is 5. The molecule has 3 N–H and O–H groups in total. The van der Waals surface area contributed by atoms with Crippen molar-refractivity contribution >= 4 is 29.9 Å². The van der Waals surface area contributed by atoms with Crippen molar-refractivity contribution in [3.8, 4) is 0 Å². The molecule has 1 atom stereocenters. The fourth-order valence-electron chi connectivity index (χ4n) is 2.55. The van der Waals surface area contributed by atoms with Crippen molar-refractivity contribution in [2.24, 2.45) is 10.7 Å². The molecule has 1 unspecified atom stereocenters. The lowest BCUT2D eigenvalue weighted by Gasteiger charge is -2.19. The Kier molecular flexibility index (Phi) is 8.33. The van der Waals surface area contributed by atoms with Crippen LogP contribution in [0.15, 0.2) is 29.3 Å². The molecule has 23 heavy (non-hydrogen) atoms. The summed E-state index contributed by atoms with van der Waals surface area (Å²) in [5.41, 5.74) is 8.76. The summed E-state index contributed by atoms with van der Waals surface area (Å²) in [5.74, 6) is 0.516. The number of hydrogen-bond donors (Lipinski definition) is 2. The highest BCUT2D eigenvalue weighted by Gasteiger charge is 2.14. The Labute approximate surface area is 157 Å². The number of ether oxygens (including phenoxy) is 1. The molecule has 1 aromatic rings. The minimum atomic E-state index is 0. The third-order valence-corrected chi connectivity index (χ3v) is 4.03. The van der Waals surface area contributed by atoms with E-state index in [4.69, 9.17) is 10.5 Å². The molecule has 0 aliphatic carbocycles. The molecule has 1 saturated heterocycles. The number of benzene rings is 1. The topological polar surface area (TPSA) is 59.6 Å². The van der Waals surface area contributed by atoms with Crippen LogP contribution in [0.3, 0.4) is 0 Å². The highest BCUT2D eigenvalue weighted by molar-refractivity contribution is 14.0. The summed E-state index contributed by atoms with van der Waals surface area (Å²) in [6.45, 7) is 9.02. The number of nitrogens with one attached hydrogen (secondary N) is 1. The highest BCUT2D eigenvalue weighted by Crippen LogP contribution is 2.22. The van der Waals surface area contributed by atoms with Crippen LogP contribution in [0.4, 0.5) is 0 Å². The van der Waals surface area contributed by atoms with Crippen LogP contribution < -0.4 is 11.1 Å². The molecule has 1 heterocycles. The summed E-state index contributed by atoms with van der Waals surface area (Å²) in [5, 5.41) is 3.17. The second kappa shape index (κ2) is 9.47. The van der Waals surface area contributed by atoms with Crippen molar-refractivity contribution in [2.75, 3.05) is 19.7 Å². The predicted molar refractivity (Wildman–Crippen MR) is 108 cm³/mol. The largest absolute Gasteiger partial charge is 0.376 e. The van der Waals surface area contributed by atoms with Gasteiger partial charge in [-0.3, -0.25) is 4.99 Å². The van der Waals surface area contributed by atoms with Gasteiger partial charge >= 0.3 is 0 Å². The van der Waals surface area contributed by atoms with Crippen molar-refractivity contribution in [1.82, 2.24) is 5.32 Å². The van der Waals surface area contributed by atoms with Gasteiger partial charge in [-0.2, -0.15) is 0 Å². The monoisotopic (exact) mass is 431 g/mol. The van der Waals surface area contributed by atoms with E-state index >= 15 is 0 Å². The highest BCUT2D eigenvalue weighted by atomic mass is 127. The standard InChI is InChI=1S/C18H29N3O.HI/c1-18(2,3)15-8-6-14(7-9-15)10-11-20-17(19)21-13-16-5-4-12-22-16;/h6-9,16H,4-5,10-13H2,1-3H3,(H3,19,20,21);1H. The van der Waals surface area contributed by atoms with Crippen LogP contribution in [0.5, 0.6) is 0 Å². The van der Waals surface area contributed by atoms with E-state index in [1.165, 1.54) is 11.1 Å². The molecule has 0 bridgehead atoms. The summed E-state index contributed by atoms with van der Waals surface area (Å²) in [7, 11) is 0. The molecule has 4 nitrogen and oxygen atoms in total. The Hall–Kier alpha value is -0.820. The molecule has 1 aromatic carbocycles. The first-order valence-electron chi connectivity index (χ1n) is 8.20. The van der Waals surface area contributed by atoms with Gasteiger partial charge in [0.15, 0.2) is 5.96 Å². The van der Waals surface area contributed by atoms with Crippen LogP contribution in [-0.2, 0) is 16.6 Å². The molecule has 0 aromatic heterocycles. The summed E-state index contributed by atoms with van der Waals surface area (Å²) >= 11 is 0. The van der Waals surface area contributed by atoms with Crippen LogP contribution in [0.1, 0.15) is 44.7 Å². The first-order chi connectivity index (χ1) is 10.4. The number of aliphatic imine (C=N–C) groups is 1. The fourth-order valence-corrected chi connectivity index (χ4v) is 2.55. The van der Waals surface area contributed by atoms with Crippen LogP contribution in [0.25, 0.3) is 0 Å². The maximum absolute atomic E-state index is 5.88. The van der Waals surface area contributed by atoms with Crippen LogP contribution >= 0.6 is 24.0 Å². The Morgan fingerprint density at radius 2 is 2.00 bits per heavy atom. The third-order valence-electron chi connectivity index (χ3n) is 4.03. The van der Waals surface area contributed by atoms with Crippen LogP contribution in [-0.4, -0.2) is 31.8 Å². The minimum absolute atomic E-state index is 0. The quantitative estimate of drug-likeness (QED) is 0.428. The Bertz CT molecular complexity index is 488. The SMILES string of the molecule is CC(C)(C)c1ccc(CCNC(N)=NCC2CCCO2)cc1.I. The van der Waals surface area contributed by atoms with Crippen LogP contribution in [0, 0.1) is 0 Å². The lowest BCUT2D eigenvalue weighted by molar-refractivity contribution is 0.118. The number of nitrogens with zero attached hydrogens (tertiary/aromatic N) is 1. The van der Waals surface area contributed by atoms with Gasteiger partial charge in [0.1, 0.15) is 0 Å². The maximum atomic E-state index is 5.88. The first-order valence-corrected chi connectivity index (χ1v) is 8.20. The summed E-state index contributed by atoms with van der Waals surface area (Å²) in [6.07, 6.45) is 3.43. The van der Waals surface area contributed by atoms with Crippen molar-refractivity contribution in [1.29, 1.82) is 0 Å². The van der Waals surface area contributed by atoms with Crippen molar-refractivity contribution in [2.45, 2.75) is 51.6 Å². The Morgan fingerprint density at radius 1 is 1.30 bits per heavy atom. The second-order valence-corrected chi connectivity index (χ2v) is 6.98. The molecule has 0 spiro atoms. The van der Waals surface area contributed by atoms with Gasteiger partial charge in [-0.05, 0) is 35.8 Å². The zero-order chi connectivity index (χ0) is 16.0. The van der Waals surface area contributed by atoms with Gasteiger partial charge in [-0.25, -0.2) is 0 Å². The second-order valence-electron chi connectivity index (χ2n) is 6.98. The molecule has 5 heteroatoms. The van der Waals surface area contributed by atoms with Crippen molar-refractivity contribution in [3.63, 3.8) is 0 Å². The minimum Gasteiger partial charge on any atom is -0.376 e. The average Bonchev–Trinajstić information content (AvgIpc) is 2.98. The fraction of sp³-hybridized carbons (Fsp3) is 0.611. The van der Waals surface area contributed by atoms with E-state index in [0.717, 1.165) is 32.4 Å². The normalized spacial score (nSPS) is 18.6. The summed E-state index contributed by atoms with van der Waals surface area (Å²) in [6, 6.07) is 8.82. The van der Waals surface area contributed by atoms with Crippen LogP contribution in [0.2, 0.25) is 0 Å². The maximum Gasteiger partial charge on any atom is 0.188 e. The molecular formula is C18H30IN3O. The van der Waals surface area contributed by atoms with Crippen molar-refractivity contribution < 1.29 is 4.74 Å². The van der Waals surface area contributed by atoms with Gasteiger partial charge < -0.3 is 15.8 Å². The third kappa shape index (κ3) is 7.08. The molecule has 2 rings (SSSR count). The smallest absolute Gasteiger partial charge is 0.188 e. The predicted octanol–water partition coefficient (Wildman–Crippen LogP) is 3.23. The van der Waals surface area contributed by atoms with Gasteiger partial charge in [0.2, 0.25) is 0 Å². The molecule has 1 aliphatic rings. The number of halogens is 1. The molecule has 130 valence electrons. The molecule has 0 amide bonds. The van der Waals surface area contributed by atoms with Gasteiger partial charge in [0.05, 0.1) is 12.6 Å². The molecule has 0 radical (unpaired) electrons. The number of hydrogen-bond acceptors (Lipinski definition) is 2. The molecule has 0 saturated carbocycles. The van der Waals surface area contributed by atoms with Crippen molar-refractivity contribution in [3.05, 3.63) is 35.4 Å². The van der Waals surface area contributed by atoms with Gasteiger partial charge in [0, 0.05) is 13.2 Å². The lowest BCUT2D eigenvalue weighted by Crippen LogP contribution is -2.34. The first kappa shape index (κ1) is 20.2. The van der Waals surface area contributed by atoms with Gasteiger partial charge in [-0.1, -0.05) is 45.0 Å². The van der Waals surface area contributed by atoms with E-state index in [0.29, 0.717) is 12.5 Å². The van der Waals surface area contributed by atoms with E-state index in [-0.39, 0.29) is 35.5 Å². The van der Waals surface area contributed by atoms with E-state index in [2.05, 4.69) is 55.3 Å². The van der Waals surface area contributed by atoms with E-state index in [1.807, 2.05) is 0 Å². The van der Waals surface area contributed by atoms with E-state index in [9.17, 15) is 0 Å². The molecule has 1 aliphatic heterocycles. The summed E-state index contributed by atoms with van der Waals surface area (Å²) in [4.78, 5) is 4.34. The number of nitrogens with two attached hydrogens (primary N) is 1.